The smallest absolute Gasteiger partial charge is 0.290 e. The van der Waals surface area contributed by atoms with Crippen LogP contribution in [0.5, 0.6) is 0 Å². The minimum Gasteiger partial charge on any atom is -0.450 e. The van der Waals surface area contributed by atoms with Gasteiger partial charge in [0.15, 0.2) is 5.43 Å². The van der Waals surface area contributed by atoms with Crippen molar-refractivity contribution in [3.8, 4) is 0 Å². The van der Waals surface area contributed by atoms with E-state index in [9.17, 15) is 9.59 Å². The molecule has 0 saturated carbocycles. The average molecular weight is 453 g/mol. The number of ether oxygens (including phenoxy) is 1. The number of morpholine rings is 1. The maximum absolute atomic E-state index is 13.6. The van der Waals surface area contributed by atoms with E-state index in [1.165, 1.54) is 0 Å². The Morgan fingerprint density at radius 2 is 1.78 bits per heavy atom. The molecule has 1 aromatic heterocycles. The number of rotatable bonds is 5. The van der Waals surface area contributed by atoms with E-state index < -0.39 is 6.04 Å². The molecule has 2 aliphatic heterocycles. The van der Waals surface area contributed by atoms with Crippen molar-refractivity contribution in [2.45, 2.75) is 19.4 Å². The van der Waals surface area contributed by atoms with Crippen molar-refractivity contribution in [1.82, 2.24) is 9.80 Å². The van der Waals surface area contributed by atoms with Crippen LogP contribution in [0.1, 0.15) is 40.2 Å². The van der Waals surface area contributed by atoms with Gasteiger partial charge in [-0.1, -0.05) is 36.7 Å². The van der Waals surface area contributed by atoms with Crippen molar-refractivity contribution < 1.29 is 13.9 Å². The molecule has 6 nitrogen and oxygen atoms in total. The van der Waals surface area contributed by atoms with E-state index in [2.05, 4.69) is 4.90 Å². The summed E-state index contributed by atoms with van der Waals surface area (Å²) < 4.78 is 11.5. The number of carbonyl (C=O) groups excluding carboxylic acids is 1. The number of nitrogens with zero attached hydrogens (tertiary/aromatic N) is 2. The van der Waals surface area contributed by atoms with Crippen molar-refractivity contribution in [2.75, 3.05) is 39.4 Å². The molecule has 0 spiro atoms. The van der Waals surface area contributed by atoms with Gasteiger partial charge in [-0.05, 0) is 41.8 Å². The normalized spacial score (nSPS) is 19.0. The van der Waals surface area contributed by atoms with Gasteiger partial charge in [-0.15, -0.1) is 0 Å². The molecule has 7 heteroatoms. The summed E-state index contributed by atoms with van der Waals surface area (Å²) in [6.07, 6.45) is 0.817. The van der Waals surface area contributed by atoms with Gasteiger partial charge in [-0.3, -0.25) is 14.5 Å². The van der Waals surface area contributed by atoms with Crippen LogP contribution in [-0.2, 0) is 11.2 Å². The summed E-state index contributed by atoms with van der Waals surface area (Å²) in [7, 11) is 0. The van der Waals surface area contributed by atoms with Crippen molar-refractivity contribution in [1.29, 1.82) is 0 Å². The zero-order valence-electron chi connectivity index (χ0n) is 18.0. The van der Waals surface area contributed by atoms with E-state index in [1.807, 2.05) is 31.2 Å². The molecule has 1 unspecified atom stereocenters. The molecule has 1 saturated heterocycles. The third kappa shape index (κ3) is 3.72. The van der Waals surface area contributed by atoms with Crippen LogP contribution in [0.25, 0.3) is 11.0 Å². The standard InChI is InChI=1S/C25H25ClN2O4/c1-2-16-3-8-20-19(15-16)23(29)21-22(17-4-6-18(26)7-5-17)28(25(30)24(21)32-20)10-9-27-11-13-31-14-12-27/h3-8,15,22H,2,9-14H2,1H3. The van der Waals surface area contributed by atoms with Crippen LogP contribution in [0.15, 0.2) is 51.7 Å². The van der Waals surface area contributed by atoms with Gasteiger partial charge in [0.2, 0.25) is 5.76 Å². The monoisotopic (exact) mass is 452 g/mol. The van der Waals surface area contributed by atoms with Gasteiger partial charge in [0, 0.05) is 31.2 Å². The SMILES string of the molecule is CCc1ccc2oc3c(c(=O)c2c1)C(c1ccc(Cl)cc1)N(CCN1CCOCC1)C3=O. The molecular weight excluding hydrogens is 428 g/mol. The molecule has 3 aromatic rings. The lowest BCUT2D eigenvalue weighted by molar-refractivity contribution is 0.0314. The molecule has 1 fully saturated rings. The zero-order chi connectivity index (χ0) is 22.2. The van der Waals surface area contributed by atoms with Gasteiger partial charge in [0.05, 0.1) is 30.2 Å². The van der Waals surface area contributed by atoms with Gasteiger partial charge in [-0.25, -0.2) is 0 Å². The third-order valence-corrected chi connectivity index (χ3v) is 6.64. The van der Waals surface area contributed by atoms with Crippen LogP contribution >= 0.6 is 11.6 Å². The first kappa shape index (κ1) is 21.2. The minimum atomic E-state index is -0.498. The zero-order valence-corrected chi connectivity index (χ0v) is 18.7. The van der Waals surface area contributed by atoms with Crippen molar-refractivity contribution in [3.63, 3.8) is 0 Å². The van der Waals surface area contributed by atoms with Crippen LogP contribution < -0.4 is 5.43 Å². The lowest BCUT2D eigenvalue weighted by Gasteiger charge is -2.31. The Morgan fingerprint density at radius 1 is 1.03 bits per heavy atom. The second kappa shape index (κ2) is 8.70. The first-order valence-electron chi connectivity index (χ1n) is 11.0. The predicted molar refractivity (Wildman–Crippen MR) is 123 cm³/mol. The quantitative estimate of drug-likeness (QED) is 0.587. The average Bonchev–Trinajstić information content (AvgIpc) is 3.10. The molecule has 0 N–H and O–H groups in total. The summed E-state index contributed by atoms with van der Waals surface area (Å²) >= 11 is 6.11. The third-order valence-electron chi connectivity index (χ3n) is 6.38. The van der Waals surface area contributed by atoms with Gasteiger partial charge >= 0.3 is 0 Å². The topological polar surface area (TPSA) is 63.0 Å². The van der Waals surface area contributed by atoms with Crippen LogP contribution in [0.2, 0.25) is 5.02 Å². The molecule has 1 atom stereocenters. The maximum atomic E-state index is 13.6. The molecule has 166 valence electrons. The molecule has 0 radical (unpaired) electrons. The Balaban J connectivity index is 1.60. The lowest BCUT2D eigenvalue weighted by atomic mass is 9.98. The summed E-state index contributed by atoms with van der Waals surface area (Å²) in [6, 6.07) is 12.4. The molecule has 32 heavy (non-hydrogen) atoms. The maximum Gasteiger partial charge on any atom is 0.290 e. The second-order valence-corrected chi connectivity index (χ2v) is 8.70. The van der Waals surface area contributed by atoms with Gasteiger partial charge in [0.25, 0.3) is 5.91 Å². The van der Waals surface area contributed by atoms with Crippen LogP contribution in [0.4, 0.5) is 0 Å². The highest BCUT2D eigenvalue weighted by molar-refractivity contribution is 6.30. The number of amides is 1. The molecule has 3 heterocycles. The number of fused-ring (bicyclic) bond motifs is 2. The summed E-state index contributed by atoms with van der Waals surface area (Å²) in [6.45, 7) is 6.31. The minimum absolute atomic E-state index is 0.140. The Morgan fingerprint density at radius 3 is 2.50 bits per heavy atom. The molecule has 2 aromatic carbocycles. The molecular formula is C25H25ClN2O4. The fourth-order valence-corrected chi connectivity index (χ4v) is 4.71. The van der Waals surface area contributed by atoms with E-state index in [4.69, 9.17) is 20.8 Å². The Bertz CT molecular complexity index is 1220. The van der Waals surface area contributed by atoms with Gasteiger partial charge in [-0.2, -0.15) is 0 Å². The second-order valence-electron chi connectivity index (χ2n) is 8.26. The Kier molecular flexibility index (Phi) is 5.76. The molecule has 5 rings (SSSR count). The fourth-order valence-electron chi connectivity index (χ4n) is 4.58. The number of carbonyl (C=O) groups is 1. The lowest BCUT2D eigenvalue weighted by Crippen LogP contribution is -2.42. The van der Waals surface area contributed by atoms with E-state index in [0.29, 0.717) is 47.9 Å². The Labute approximate surface area is 191 Å². The predicted octanol–water partition coefficient (Wildman–Crippen LogP) is 3.89. The molecule has 0 bridgehead atoms. The fraction of sp³-hybridized carbons (Fsp3) is 0.360. The Hall–Kier alpha value is -2.67. The molecule has 2 aliphatic rings. The first-order valence-corrected chi connectivity index (χ1v) is 11.4. The van der Waals surface area contributed by atoms with Gasteiger partial charge < -0.3 is 14.1 Å². The number of hydrogen-bond donors (Lipinski definition) is 0. The van der Waals surface area contributed by atoms with Crippen LogP contribution in [-0.4, -0.2) is 55.1 Å². The van der Waals surface area contributed by atoms with Crippen LogP contribution in [0, 0.1) is 0 Å². The van der Waals surface area contributed by atoms with E-state index in [1.54, 1.807) is 23.1 Å². The number of aryl methyl sites for hydroxylation is 1. The summed E-state index contributed by atoms with van der Waals surface area (Å²) in [5.74, 6) is -0.0968. The summed E-state index contributed by atoms with van der Waals surface area (Å²) in [5.41, 5.74) is 2.63. The highest BCUT2D eigenvalue weighted by Crippen LogP contribution is 2.38. The van der Waals surface area contributed by atoms with Gasteiger partial charge in [0.1, 0.15) is 5.58 Å². The van der Waals surface area contributed by atoms with Crippen LogP contribution in [0.3, 0.4) is 0 Å². The number of benzene rings is 2. The first-order chi connectivity index (χ1) is 15.6. The number of hydrogen-bond acceptors (Lipinski definition) is 5. The highest BCUT2D eigenvalue weighted by Gasteiger charge is 2.42. The molecule has 1 amide bonds. The summed E-state index contributed by atoms with van der Waals surface area (Å²) in [5, 5.41) is 1.13. The van der Waals surface area contributed by atoms with E-state index in [0.717, 1.165) is 30.6 Å². The number of halogens is 1. The van der Waals surface area contributed by atoms with Crippen molar-refractivity contribution in [2.24, 2.45) is 0 Å². The highest BCUT2D eigenvalue weighted by atomic mass is 35.5. The van der Waals surface area contributed by atoms with E-state index in [-0.39, 0.29) is 17.1 Å². The largest absolute Gasteiger partial charge is 0.450 e. The van der Waals surface area contributed by atoms with Crippen molar-refractivity contribution in [3.05, 3.63) is 80.2 Å². The molecule has 0 aliphatic carbocycles. The van der Waals surface area contributed by atoms with E-state index >= 15 is 0 Å². The summed E-state index contributed by atoms with van der Waals surface area (Å²) in [4.78, 5) is 31.1. The van der Waals surface area contributed by atoms with Crippen molar-refractivity contribution >= 4 is 28.5 Å².